The molecule has 1 heterocycles. The maximum Gasteiger partial charge on any atom is 0.347 e. The Morgan fingerprint density at radius 1 is 1.30 bits per heavy atom. The zero-order valence-electron chi connectivity index (χ0n) is 10.8. The van der Waals surface area contributed by atoms with Gasteiger partial charge in [0.15, 0.2) is 0 Å². The highest BCUT2D eigenvalue weighted by Crippen LogP contribution is 2.11. The predicted octanol–water partition coefficient (Wildman–Crippen LogP) is 0.0931. The van der Waals surface area contributed by atoms with Crippen LogP contribution < -0.4 is 11.0 Å². The fourth-order valence-electron chi connectivity index (χ4n) is 1.82. The lowest BCUT2D eigenvalue weighted by atomic mass is 10.1. The lowest BCUT2D eigenvalue weighted by molar-refractivity contribution is -0.122. The molecule has 6 nitrogen and oxygen atoms in total. The molecule has 0 fully saturated rings. The normalized spacial score (nSPS) is 11.8. The van der Waals surface area contributed by atoms with Crippen LogP contribution in [0.5, 0.6) is 0 Å². The van der Waals surface area contributed by atoms with Crippen LogP contribution >= 0.6 is 0 Å². The summed E-state index contributed by atoms with van der Waals surface area (Å²) >= 11 is 0. The molecule has 1 amide bonds. The molecule has 0 bridgehead atoms. The third-order valence-corrected chi connectivity index (χ3v) is 2.82. The number of hydrogen-bond acceptors (Lipinski definition) is 4. The van der Waals surface area contributed by atoms with Gasteiger partial charge in [0.1, 0.15) is 6.54 Å². The Hall–Kier alpha value is -2.47. The van der Waals surface area contributed by atoms with E-state index in [1.165, 1.54) is 17.0 Å². The van der Waals surface area contributed by atoms with Gasteiger partial charge >= 0.3 is 5.69 Å². The monoisotopic (exact) mass is 273 g/mol. The topological polar surface area (TPSA) is 84.2 Å². The molecular weight excluding hydrogens is 258 g/mol. The zero-order valence-corrected chi connectivity index (χ0v) is 10.8. The van der Waals surface area contributed by atoms with Crippen LogP contribution in [0.15, 0.2) is 53.6 Å². The molecule has 6 heteroatoms. The SMILES string of the molecule is O=C(Cn1cccnc1=O)NC(CO)c1ccccc1. The summed E-state index contributed by atoms with van der Waals surface area (Å²) in [6.45, 7) is -0.340. The van der Waals surface area contributed by atoms with Gasteiger partial charge in [-0.05, 0) is 11.6 Å². The first-order valence-corrected chi connectivity index (χ1v) is 6.17. The number of aliphatic hydroxyl groups is 1. The highest BCUT2D eigenvalue weighted by molar-refractivity contribution is 5.76. The van der Waals surface area contributed by atoms with Crippen molar-refractivity contribution in [2.75, 3.05) is 6.61 Å². The molecule has 2 N–H and O–H groups in total. The van der Waals surface area contributed by atoms with Crippen molar-refractivity contribution in [3.63, 3.8) is 0 Å². The Morgan fingerprint density at radius 3 is 2.70 bits per heavy atom. The number of hydrogen-bond donors (Lipinski definition) is 2. The fraction of sp³-hybridized carbons (Fsp3) is 0.214. The molecule has 0 saturated carbocycles. The van der Waals surface area contributed by atoms with E-state index in [0.29, 0.717) is 0 Å². The molecule has 1 unspecified atom stereocenters. The number of rotatable bonds is 5. The van der Waals surface area contributed by atoms with Crippen LogP contribution in [-0.2, 0) is 11.3 Å². The predicted molar refractivity (Wildman–Crippen MR) is 72.9 cm³/mol. The summed E-state index contributed by atoms with van der Waals surface area (Å²) in [4.78, 5) is 26.9. The fourth-order valence-corrected chi connectivity index (χ4v) is 1.82. The average molecular weight is 273 g/mol. The first-order chi connectivity index (χ1) is 9.70. The number of amides is 1. The Morgan fingerprint density at radius 2 is 2.05 bits per heavy atom. The summed E-state index contributed by atoms with van der Waals surface area (Å²) in [6.07, 6.45) is 2.86. The summed E-state index contributed by atoms with van der Waals surface area (Å²) in [7, 11) is 0. The van der Waals surface area contributed by atoms with Crippen molar-refractivity contribution in [2.45, 2.75) is 12.6 Å². The first kappa shape index (κ1) is 14.0. The number of aromatic nitrogens is 2. The van der Waals surface area contributed by atoms with Crippen molar-refractivity contribution in [1.82, 2.24) is 14.9 Å². The second-order valence-corrected chi connectivity index (χ2v) is 4.24. The van der Waals surface area contributed by atoms with Gasteiger partial charge in [-0.15, -0.1) is 0 Å². The Kier molecular flexibility index (Phi) is 4.62. The van der Waals surface area contributed by atoms with Crippen molar-refractivity contribution < 1.29 is 9.90 Å². The van der Waals surface area contributed by atoms with Gasteiger partial charge in [-0.25, -0.2) is 9.78 Å². The second-order valence-electron chi connectivity index (χ2n) is 4.24. The maximum atomic E-state index is 11.9. The summed E-state index contributed by atoms with van der Waals surface area (Å²) in [5.41, 5.74) is 0.324. The Bertz CT molecular complexity index is 625. The van der Waals surface area contributed by atoms with Gasteiger partial charge in [0.2, 0.25) is 5.91 Å². The van der Waals surface area contributed by atoms with E-state index in [4.69, 9.17) is 0 Å². The van der Waals surface area contributed by atoms with Crippen LogP contribution in [0, 0.1) is 0 Å². The molecule has 0 radical (unpaired) electrons. The van der Waals surface area contributed by atoms with Crippen LogP contribution in [0.25, 0.3) is 0 Å². The standard InChI is InChI=1S/C14H15N3O3/c18-10-12(11-5-2-1-3-6-11)16-13(19)9-17-8-4-7-15-14(17)20/h1-8,12,18H,9-10H2,(H,16,19). The number of carbonyl (C=O) groups excluding carboxylic acids is 1. The minimum Gasteiger partial charge on any atom is -0.394 e. The van der Waals surface area contributed by atoms with Crippen molar-refractivity contribution in [3.8, 4) is 0 Å². The molecule has 0 aliphatic carbocycles. The number of nitrogens with zero attached hydrogens (tertiary/aromatic N) is 2. The highest BCUT2D eigenvalue weighted by atomic mass is 16.3. The molecule has 1 aromatic carbocycles. The molecule has 20 heavy (non-hydrogen) atoms. The quantitative estimate of drug-likeness (QED) is 0.809. The second kappa shape index (κ2) is 6.63. The molecule has 0 aliphatic rings. The smallest absolute Gasteiger partial charge is 0.347 e. The van der Waals surface area contributed by atoms with Crippen LogP contribution in [0.2, 0.25) is 0 Å². The summed E-state index contributed by atoms with van der Waals surface area (Å²) < 4.78 is 1.20. The van der Waals surface area contributed by atoms with Gasteiger partial charge in [-0.1, -0.05) is 30.3 Å². The van der Waals surface area contributed by atoms with Crippen LogP contribution in [-0.4, -0.2) is 27.2 Å². The number of benzene rings is 1. The molecule has 2 rings (SSSR count). The van der Waals surface area contributed by atoms with E-state index in [-0.39, 0.29) is 19.1 Å². The largest absolute Gasteiger partial charge is 0.394 e. The lowest BCUT2D eigenvalue weighted by Crippen LogP contribution is -2.36. The van der Waals surface area contributed by atoms with Gasteiger partial charge in [0, 0.05) is 12.4 Å². The van der Waals surface area contributed by atoms with Crippen LogP contribution in [0.4, 0.5) is 0 Å². The van der Waals surface area contributed by atoms with Crippen LogP contribution in [0.3, 0.4) is 0 Å². The highest BCUT2D eigenvalue weighted by Gasteiger charge is 2.13. The Balaban J connectivity index is 2.04. The molecule has 0 spiro atoms. The van der Waals surface area contributed by atoms with Gasteiger partial charge < -0.3 is 10.4 Å². The van der Waals surface area contributed by atoms with Crippen LogP contribution in [0.1, 0.15) is 11.6 Å². The molecule has 104 valence electrons. The van der Waals surface area contributed by atoms with E-state index < -0.39 is 11.7 Å². The van der Waals surface area contributed by atoms with Crippen molar-refractivity contribution >= 4 is 5.91 Å². The first-order valence-electron chi connectivity index (χ1n) is 6.17. The zero-order chi connectivity index (χ0) is 14.4. The number of carbonyl (C=O) groups is 1. The molecule has 1 atom stereocenters. The van der Waals surface area contributed by atoms with E-state index in [1.807, 2.05) is 30.3 Å². The number of aliphatic hydroxyl groups excluding tert-OH is 1. The van der Waals surface area contributed by atoms with E-state index in [2.05, 4.69) is 10.3 Å². The summed E-state index contributed by atoms with van der Waals surface area (Å²) in [5.74, 6) is -0.358. The van der Waals surface area contributed by atoms with Crippen molar-refractivity contribution in [3.05, 3.63) is 64.8 Å². The van der Waals surface area contributed by atoms with Crippen molar-refractivity contribution in [2.24, 2.45) is 0 Å². The molecule has 0 saturated heterocycles. The van der Waals surface area contributed by atoms with Gasteiger partial charge in [-0.3, -0.25) is 9.36 Å². The van der Waals surface area contributed by atoms with Gasteiger partial charge in [-0.2, -0.15) is 0 Å². The Labute approximate surface area is 115 Å². The lowest BCUT2D eigenvalue weighted by Gasteiger charge is -2.17. The summed E-state index contributed by atoms with van der Waals surface area (Å²) in [5, 5.41) is 12.0. The molecule has 2 aromatic rings. The van der Waals surface area contributed by atoms with Gasteiger partial charge in [0.05, 0.1) is 12.6 Å². The van der Waals surface area contributed by atoms with E-state index in [0.717, 1.165) is 5.56 Å². The molecular formula is C14H15N3O3. The minimum atomic E-state index is -0.490. The third kappa shape index (κ3) is 3.52. The molecule has 1 aromatic heterocycles. The van der Waals surface area contributed by atoms with Gasteiger partial charge in [0.25, 0.3) is 0 Å². The third-order valence-electron chi connectivity index (χ3n) is 2.82. The van der Waals surface area contributed by atoms with Crippen molar-refractivity contribution in [1.29, 1.82) is 0 Å². The molecule has 0 aliphatic heterocycles. The average Bonchev–Trinajstić information content (AvgIpc) is 2.48. The maximum absolute atomic E-state index is 11.9. The number of nitrogens with one attached hydrogen (secondary N) is 1. The summed E-state index contributed by atoms with van der Waals surface area (Å²) in [6, 6.07) is 10.2. The minimum absolute atomic E-state index is 0.129. The van der Waals surface area contributed by atoms with E-state index >= 15 is 0 Å². The van der Waals surface area contributed by atoms with E-state index in [9.17, 15) is 14.7 Å². The van der Waals surface area contributed by atoms with E-state index in [1.54, 1.807) is 6.07 Å².